The van der Waals surface area contributed by atoms with Crippen molar-refractivity contribution in [2.75, 3.05) is 0 Å². The summed E-state index contributed by atoms with van der Waals surface area (Å²) in [5.41, 5.74) is 0.297. The van der Waals surface area contributed by atoms with Gasteiger partial charge in [-0.2, -0.15) is 0 Å². The SMILES string of the molecule is CC(C)(C)C12CCC(CC(OCc3c(-c4ccccc4OC(F)(F)F)noc3C3CC3)C1)N2C(=O)O. The first-order chi connectivity index (χ1) is 16.9. The molecule has 10 heteroatoms. The Morgan fingerprint density at radius 1 is 1.22 bits per heavy atom. The number of aromatic nitrogens is 1. The van der Waals surface area contributed by atoms with Crippen molar-refractivity contribution in [2.24, 2.45) is 5.41 Å². The minimum atomic E-state index is -4.84. The van der Waals surface area contributed by atoms with Gasteiger partial charge < -0.3 is 19.1 Å². The molecular formula is C26H31F3N2O5. The molecule has 1 aromatic heterocycles. The Balaban J connectivity index is 1.42. The van der Waals surface area contributed by atoms with Gasteiger partial charge >= 0.3 is 12.5 Å². The molecule has 36 heavy (non-hydrogen) atoms. The number of ether oxygens (including phenoxy) is 2. The van der Waals surface area contributed by atoms with Gasteiger partial charge in [0.1, 0.15) is 17.2 Å². The van der Waals surface area contributed by atoms with Gasteiger partial charge in [0, 0.05) is 23.1 Å². The highest BCUT2D eigenvalue weighted by Gasteiger charge is 2.59. The molecule has 1 saturated carbocycles. The third-order valence-corrected chi connectivity index (χ3v) is 8.02. The maximum Gasteiger partial charge on any atom is 0.573 e. The Labute approximate surface area is 207 Å². The topological polar surface area (TPSA) is 85.0 Å². The Bertz CT molecular complexity index is 1140. The van der Waals surface area contributed by atoms with E-state index in [9.17, 15) is 23.1 Å². The van der Waals surface area contributed by atoms with Gasteiger partial charge in [-0.15, -0.1) is 13.2 Å². The van der Waals surface area contributed by atoms with Crippen molar-refractivity contribution in [3.05, 3.63) is 35.6 Å². The van der Waals surface area contributed by atoms with Gasteiger partial charge in [0.05, 0.1) is 18.2 Å². The van der Waals surface area contributed by atoms with E-state index in [0.717, 1.165) is 25.7 Å². The van der Waals surface area contributed by atoms with E-state index in [1.54, 1.807) is 11.0 Å². The number of hydrogen-bond donors (Lipinski definition) is 1. The standard InChI is InChI=1S/C26H31F3N2O5/c1-24(2,3)25-11-10-16(31(25)23(32)33)12-17(13-25)34-14-19-21(30-36-22(19)15-8-9-15)18-6-4-5-7-20(18)35-26(27,28)29/h4-7,15-17H,8-14H2,1-3H3,(H,32,33). The number of alkyl halides is 3. The quantitative estimate of drug-likeness (QED) is 0.466. The molecule has 7 nitrogen and oxygen atoms in total. The van der Waals surface area contributed by atoms with Crippen molar-refractivity contribution in [2.45, 2.75) is 95.9 Å². The van der Waals surface area contributed by atoms with Gasteiger partial charge in [-0.3, -0.25) is 4.90 Å². The summed E-state index contributed by atoms with van der Waals surface area (Å²) in [5, 5.41) is 14.1. The largest absolute Gasteiger partial charge is 0.573 e. The van der Waals surface area contributed by atoms with E-state index in [1.165, 1.54) is 18.2 Å². The highest BCUT2D eigenvalue weighted by atomic mass is 19.4. The maximum atomic E-state index is 13.0. The van der Waals surface area contributed by atoms with Crippen LogP contribution < -0.4 is 4.74 Å². The van der Waals surface area contributed by atoms with Gasteiger partial charge in [-0.25, -0.2) is 4.79 Å². The molecule has 1 aliphatic carbocycles. The van der Waals surface area contributed by atoms with Crippen LogP contribution in [-0.4, -0.2) is 45.3 Å². The number of benzene rings is 1. The van der Waals surface area contributed by atoms with Crippen LogP contribution in [-0.2, 0) is 11.3 Å². The average Bonchev–Trinajstić information content (AvgIpc) is 3.47. The van der Waals surface area contributed by atoms with E-state index in [0.29, 0.717) is 24.2 Å². The third-order valence-electron chi connectivity index (χ3n) is 8.02. The highest BCUT2D eigenvalue weighted by molar-refractivity contribution is 5.70. The molecule has 2 saturated heterocycles. The van der Waals surface area contributed by atoms with E-state index in [1.807, 2.05) is 0 Å². The molecule has 3 fully saturated rings. The van der Waals surface area contributed by atoms with Crippen LogP contribution in [0.2, 0.25) is 0 Å². The van der Waals surface area contributed by atoms with Crippen LogP contribution in [0, 0.1) is 5.41 Å². The second-order valence-corrected chi connectivity index (χ2v) is 11.2. The van der Waals surface area contributed by atoms with Crippen molar-refractivity contribution in [3.8, 4) is 17.0 Å². The molecule has 2 aromatic rings. The fourth-order valence-corrected chi connectivity index (χ4v) is 6.12. The second kappa shape index (κ2) is 8.68. The van der Waals surface area contributed by atoms with Crippen molar-refractivity contribution in [3.63, 3.8) is 0 Å². The molecule has 1 N–H and O–H groups in total. The highest BCUT2D eigenvalue weighted by Crippen LogP contribution is 2.54. The number of hydrogen-bond acceptors (Lipinski definition) is 5. The Morgan fingerprint density at radius 3 is 2.58 bits per heavy atom. The lowest BCUT2D eigenvalue weighted by Crippen LogP contribution is -2.62. The summed E-state index contributed by atoms with van der Waals surface area (Å²) in [7, 11) is 0. The molecule has 1 aromatic carbocycles. The molecule has 2 aliphatic heterocycles. The summed E-state index contributed by atoms with van der Waals surface area (Å²) in [6, 6.07) is 5.76. The van der Waals surface area contributed by atoms with Crippen molar-refractivity contribution >= 4 is 6.09 Å². The van der Waals surface area contributed by atoms with Crippen molar-refractivity contribution in [1.82, 2.24) is 10.1 Å². The summed E-state index contributed by atoms with van der Waals surface area (Å²) in [4.78, 5) is 13.8. The minimum absolute atomic E-state index is 0.119. The number of amides is 1. The Hall–Kier alpha value is -2.75. The van der Waals surface area contributed by atoms with Crippen molar-refractivity contribution in [1.29, 1.82) is 0 Å². The lowest BCUT2D eigenvalue weighted by atomic mass is 9.68. The molecule has 3 aliphatic rings. The normalized spacial score (nSPS) is 26.3. The number of rotatable bonds is 6. The molecule has 1 amide bonds. The number of carbonyl (C=O) groups is 1. The molecule has 2 bridgehead atoms. The Kier molecular flexibility index (Phi) is 6.01. The number of piperidine rings is 1. The van der Waals surface area contributed by atoms with E-state index < -0.39 is 18.0 Å². The van der Waals surface area contributed by atoms with Crippen LogP contribution in [0.5, 0.6) is 5.75 Å². The molecular weight excluding hydrogens is 477 g/mol. The van der Waals surface area contributed by atoms with Crippen LogP contribution >= 0.6 is 0 Å². The molecule has 3 heterocycles. The van der Waals surface area contributed by atoms with Gasteiger partial charge in [-0.05, 0) is 56.1 Å². The molecule has 196 valence electrons. The van der Waals surface area contributed by atoms with E-state index in [-0.39, 0.29) is 47.1 Å². The summed E-state index contributed by atoms with van der Waals surface area (Å²) >= 11 is 0. The van der Waals surface area contributed by atoms with E-state index in [4.69, 9.17) is 9.26 Å². The van der Waals surface area contributed by atoms with Gasteiger partial charge in [0.25, 0.3) is 0 Å². The Morgan fingerprint density at radius 2 is 1.94 bits per heavy atom. The molecule has 0 spiro atoms. The maximum absolute atomic E-state index is 13.0. The zero-order chi connectivity index (χ0) is 25.9. The summed E-state index contributed by atoms with van der Waals surface area (Å²) < 4.78 is 55.4. The second-order valence-electron chi connectivity index (χ2n) is 11.2. The number of para-hydroxylation sites is 1. The van der Waals surface area contributed by atoms with E-state index in [2.05, 4.69) is 30.7 Å². The smallest absolute Gasteiger partial charge is 0.465 e. The van der Waals surface area contributed by atoms with E-state index >= 15 is 0 Å². The monoisotopic (exact) mass is 508 g/mol. The summed E-state index contributed by atoms with van der Waals surface area (Å²) in [6.45, 7) is 6.31. The average molecular weight is 509 g/mol. The first kappa shape index (κ1) is 24.9. The number of fused-ring (bicyclic) bond motifs is 2. The third kappa shape index (κ3) is 4.44. The van der Waals surface area contributed by atoms with Gasteiger partial charge in [0.2, 0.25) is 0 Å². The van der Waals surface area contributed by atoms with Crippen LogP contribution in [0.4, 0.5) is 18.0 Å². The zero-order valence-electron chi connectivity index (χ0n) is 20.6. The van der Waals surface area contributed by atoms with Crippen LogP contribution in [0.15, 0.2) is 28.8 Å². The van der Waals surface area contributed by atoms with Crippen molar-refractivity contribution < 1.29 is 37.1 Å². The fourth-order valence-electron chi connectivity index (χ4n) is 6.12. The first-order valence-electron chi connectivity index (χ1n) is 12.4. The zero-order valence-corrected chi connectivity index (χ0v) is 20.6. The van der Waals surface area contributed by atoms with Crippen LogP contribution in [0.1, 0.15) is 76.5 Å². The van der Waals surface area contributed by atoms with Crippen LogP contribution in [0.25, 0.3) is 11.3 Å². The molecule has 5 rings (SSSR count). The van der Waals surface area contributed by atoms with Gasteiger partial charge in [0.15, 0.2) is 0 Å². The van der Waals surface area contributed by atoms with Gasteiger partial charge in [-0.1, -0.05) is 38.1 Å². The number of halogens is 3. The number of nitrogens with zero attached hydrogens (tertiary/aromatic N) is 2. The lowest BCUT2D eigenvalue weighted by molar-refractivity contribution is -0.274. The minimum Gasteiger partial charge on any atom is -0.465 e. The molecule has 3 atom stereocenters. The summed E-state index contributed by atoms with van der Waals surface area (Å²) in [6.07, 6.45) is -1.37. The lowest BCUT2D eigenvalue weighted by Gasteiger charge is -2.53. The van der Waals surface area contributed by atoms with Crippen LogP contribution in [0.3, 0.4) is 0 Å². The molecule has 3 unspecified atom stereocenters. The number of carboxylic acid groups (broad SMARTS) is 1. The first-order valence-corrected chi connectivity index (χ1v) is 12.4. The molecule has 0 radical (unpaired) electrons. The fraction of sp³-hybridized carbons (Fsp3) is 0.615. The predicted octanol–water partition coefficient (Wildman–Crippen LogP) is 6.72. The predicted molar refractivity (Wildman–Crippen MR) is 123 cm³/mol. The summed E-state index contributed by atoms with van der Waals surface area (Å²) in [5.74, 6) is 0.469.